The van der Waals surface area contributed by atoms with Gasteiger partial charge >= 0.3 is 6.03 Å². The van der Waals surface area contributed by atoms with Crippen molar-refractivity contribution in [2.45, 2.75) is 63.4 Å². The molecule has 1 aromatic rings. The first-order chi connectivity index (χ1) is 14.2. The van der Waals surface area contributed by atoms with E-state index in [1.54, 1.807) is 19.1 Å². The zero-order valence-corrected chi connectivity index (χ0v) is 19.5. The van der Waals surface area contributed by atoms with Crippen LogP contribution in [0.15, 0.2) is 29.2 Å². The molecule has 31 heavy (non-hydrogen) atoms. The van der Waals surface area contributed by atoms with Crippen molar-refractivity contribution in [3.63, 3.8) is 0 Å². The maximum Gasteiger partial charge on any atom is 0.325 e. The van der Waals surface area contributed by atoms with Crippen molar-refractivity contribution in [1.29, 1.82) is 0 Å². The molecule has 1 aliphatic carbocycles. The second-order valence-corrected chi connectivity index (χ2v) is 11.9. The Labute approximate surface area is 183 Å². The van der Waals surface area contributed by atoms with Crippen LogP contribution in [0.3, 0.4) is 0 Å². The lowest BCUT2D eigenvalue weighted by atomic mass is 9.64. The highest BCUT2D eigenvalue weighted by molar-refractivity contribution is 7.90. The SMILES string of the molecule is CC1CC(C)(C)CC2(C1)NC(=O)N(CC(=O)NC(C)c1ccc(S(C)(=O)=O)cc1)C2=O. The molecule has 3 rings (SSSR count). The van der Waals surface area contributed by atoms with Crippen molar-refractivity contribution in [2.24, 2.45) is 11.3 Å². The van der Waals surface area contributed by atoms with Crippen LogP contribution >= 0.6 is 0 Å². The Morgan fingerprint density at radius 1 is 1.23 bits per heavy atom. The van der Waals surface area contributed by atoms with Crippen LogP contribution in [0.5, 0.6) is 0 Å². The number of amides is 4. The number of hydrogen-bond donors (Lipinski definition) is 2. The molecule has 0 aromatic heterocycles. The summed E-state index contributed by atoms with van der Waals surface area (Å²) >= 11 is 0. The molecule has 3 unspecified atom stereocenters. The maximum absolute atomic E-state index is 13.2. The summed E-state index contributed by atoms with van der Waals surface area (Å²) in [5.41, 5.74) is -0.297. The molecule has 170 valence electrons. The van der Waals surface area contributed by atoms with Gasteiger partial charge in [0.15, 0.2) is 9.84 Å². The van der Waals surface area contributed by atoms with Gasteiger partial charge in [0.25, 0.3) is 5.91 Å². The first kappa shape index (κ1) is 23.2. The standard InChI is InChI=1S/C22H31N3O5S/c1-14-10-21(3,4)13-22(11-14)19(27)25(20(28)24-22)12-18(26)23-15(2)16-6-8-17(9-7-16)31(5,29)30/h6-9,14-15H,10-13H2,1-5H3,(H,23,26)(H,24,28). The first-order valence-corrected chi connectivity index (χ1v) is 12.4. The Morgan fingerprint density at radius 2 is 1.84 bits per heavy atom. The Hall–Kier alpha value is -2.42. The van der Waals surface area contributed by atoms with Crippen LogP contribution in [0.2, 0.25) is 0 Å². The average molecular weight is 450 g/mol. The van der Waals surface area contributed by atoms with E-state index in [1.165, 1.54) is 12.1 Å². The molecule has 0 bridgehead atoms. The quantitative estimate of drug-likeness (QED) is 0.671. The highest BCUT2D eigenvalue weighted by Crippen LogP contribution is 2.46. The van der Waals surface area contributed by atoms with Crippen LogP contribution in [0.25, 0.3) is 0 Å². The van der Waals surface area contributed by atoms with Gasteiger partial charge in [0.1, 0.15) is 12.1 Å². The molecule has 1 aromatic carbocycles. The number of imide groups is 1. The van der Waals surface area contributed by atoms with Crippen molar-refractivity contribution in [3.8, 4) is 0 Å². The highest BCUT2D eigenvalue weighted by atomic mass is 32.2. The molecule has 3 atom stereocenters. The number of benzene rings is 1. The summed E-state index contributed by atoms with van der Waals surface area (Å²) in [5.74, 6) is -0.502. The lowest BCUT2D eigenvalue weighted by molar-refractivity contribution is -0.137. The summed E-state index contributed by atoms with van der Waals surface area (Å²) in [4.78, 5) is 39.5. The third kappa shape index (κ3) is 4.92. The van der Waals surface area contributed by atoms with Crippen LogP contribution in [0.1, 0.15) is 58.6 Å². The van der Waals surface area contributed by atoms with E-state index in [0.717, 1.165) is 23.1 Å². The summed E-state index contributed by atoms with van der Waals surface area (Å²) in [6.07, 6.45) is 3.23. The molecule has 9 heteroatoms. The van der Waals surface area contributed by atoms with Crippen LogP contribution in [0, 0.1) is 11.3 Å². The fourth-order valence-electron chi connectivity index (χ4n) is 5.17. The molecule has 1 spiro atoms. The minimum absolute atomic E-state index is 0.0779. The van der Waals surface area contributed by atoms with Crippen molar-refractivity contribution in [2.75, 3.05) is 12.8 Å². The van der Waals surface area contributed by atoms with Crippen LogP contribution in [-0.2, 0) is 19.4 Å². The average Bonchev–Trinajstić information content (AvgIpc) is 2.82. The predicted molar refractivity (Wildman–Crippen MR) is 116 cm³/mol. The van der Waals surface area contributed by atoms with Crippen molar-refractivity contribution >= 4 is 27.7 Å². The van der Waals surface area contributed by atoms with Gasteiger partial charge in [-0.1, -0.05) is 32.9 Å². The van der Waals surface area contributed by atoms with Gasteiger partial charge in [0.2, 0.25) is 5.91 Å². The highest BCUT2D eigenvalue weighted by Gasteiger charge is 2.56. The Morgan fingerprint density at radius 3 is 2.39 bits per heavy atom. The first-order valence-electron chi connectivity index (χ1n) is 10.5. The molecule has 2 fully saturated rings. The number of nitrogens with zero attached hydrogens (tertiary/aromatic N) is 1. The minimum Gasteiger partial charge on any atom is -0.348 e. The number of carbonyl (C=O) groups excluding carboxylic acids is 3. The van der Waals surface area contributed by atoms with E-state index in [-0.39, 0.29) is 28.7 Å². The topological polar surface area (TPSA) is 113 Å². The van der Waals surface area contributed by atoms with E-state index < -0.39 is 33.4 Å². The van der Waals surface area contributed by atoms with Gasteiger partial charge in [0.05, 0.1) is 10.9 Å². The number of hydrogen-bond acceptors (Lipinski definition) is 5. The fourth-order valence-corrected chi connectivity index (χ4v) is 5.80. The van der Waals surface area contributed by atoms with Crippen molar-refractivity contribution < 1.29 is 22.8 Å². The lowest BCUT2D eigenvalue weighted by Gasteiger charge is -2.43. The van der Waals surface area contributed by atoms with Gasteiger partial charge in [-0.2, -0.15) is 0 Å². The van der Waals surface area contributed by atoms with E-state index in [0.29, 0.717) is 12.8 Å². The van der Waals surface area contributed by atoms with E-state index in [2.05, 4.69) is 31.4 Å². The zero-order valence-electron chi connectivity index (χ0n) is 18.7. The summed E-state index contributed by atoms with van der Waals surface area (Å²) in [6.45, 7) is 7.67. The molecule has 8 nitrogen and oxygen atoms in total. The monoisotopic (exact) mass is 449 g/mol. The van der Waals surface area contributed by atoms with Crippen LogP contribution < -0.4 is 10.6 Å². The number of rotatable bonds is 5. The van der Waals surface area contributed by atoms with E-state index >= 15 is 0 Å². The van der Waals surface area contributed by atoms with Gasteiger partial charge < -0.3 is 10.6 Å². The smallest absolute Gasteiger partial charge is 0.325 e. The van der Waals surface area contributed by atoms with Crippen LogP contribution in [-0.4, -0.2) is 49.5 Å². The van der Waals surface area contributed by atoms with E-state index in [9.17, 15) is 22.8 Å². The Bertz CT molecular complexity index is 1000. The lowest BCUT2D eigenvalue weighted by Crippen LogP contribution is -2.54. The summed E-state index contributed by atoms with van der Waals surface area (Å²) < 4.78 is 23.2. The number of carbonyl (C=O) groups is 3. The van der Waals surface area contributed by atoms with E-state index in [1.807, 2.05) is 0 Å². The van der Waals surface area contributed by atoms with Gasteiger partial charge in [0, 0.05) is 6.26 Å². The molecule has 2 N–H and O–H groups in total. The maximum atomic E-state index is 13.2. The largest absolute Gasteiger partial charge is 0.348 e. The van der Waals surface area contributed by atoms with Gasteiger partial charge in [-0.3, -0.25) is 14.5 Å². The number of urea groups is 1. The summed E-state index contributed by atoms with van der Waals surface area (Å²) in [5, 5.41) is 5.64. The fraction of sp³-hybridized carbons (Fsp3) is 0.591. The number of sulfone groups is 1. The predicted octanol–water partition coefficient (Wildman–Crippen LogP) is 2.40. The molecule has 1 saturated carbocycles. The zero-order chi connectivity index (χ0) is 23.2. The molecule has 4 amide bonds. The second-order valence-electron chi connectivity index (χ2n) is 9.89. The molecule has 1 saturated heterocycles. The van der Waals surface area contributed by atoms with Gasteiger partial charge in [-0.25, -0.2) is 13.2 Å². The van der Waals surface area contributed by atoms with Gasteiger partial charge in [-0.05, 0) is 55.2 Å². The summed E-state index contributed by atoms with van der Waals surface area (Å²) in [7, 11) is -3.30. The molecular formula is C22H31N3O5S. The second kappa shape index (κ2) is 7.93. The molecule has 1 heterocycles. The molecule has 1 aliphatic heterocycles. The molecule has 0 radical (unpaired) electrons. The third-order valence-electron chi connectivity index (χ3n) is 6.11. The van der Waals surface area contributed by atoms with E-state index in [4.69, 9.17) is 0 Å². The van der Waals surface area contributed by atoms with Crippen molar-refractivity contribution in [3.05, 3.63) is 29.8 Å². The number of nitrogens with one attached hydrogen (secondary N) is 2. The normalized spacial score (nSPS) is 26.6. The minimum atomic E-state index is -3.30. The van der Waals surface area contributed by atoms with Gasteiger partial charge in [-0.15, -0.1) is 0 Å². The van der Waals surface area contributed by atoms with Crippen LogP contribution in [0.4, 0.5) is 4.79 Å². The van der Waals surface area contributed by atoms with Crippen molar-refractivity contribution in [1.82, 2.24) is 15.5 Å². The molecular weight excluding hydrogens is 418 g/mol. The Kier molecular flexibility index (Phi) is 5.94. The summed E-state index contributed by atoms with van der Waals surface area (Å²) in [6, 6.07) is 5.30. The third-order valence-corrected chi connectivity index (χ3v) is 7.24. The Balaban J connectivity index is 1.66. The molecule has 2 aliphatic rings.